The molecule has 1 aliphatic carbocycles. The van der Waals surface area contributed by atoms with Crippen molar-refractivity contribution in [1.29, 1.82) is 0 Å². The molecule has 4 heteroatoms. The summed E-state index contributed by atoms with van der Waals surface area (Å²) >= 11 is 0. The lowest BCUT2D eigenvalue weighted by atomic mass is 10.1. The van der Waals surface area contributed by atoms with Crippen LogP contribution in [-0.4, -0.2) is 14.5 Å². The third-order valence-electron chi connectivity index (χ3n) is 4.40. The highest BCUT2D eigenvalue weighted by Gasteiger charge is 2.26. The van der Waals surface area contributed by atoms with Crippen molar-refractivity contribution in [3.8, 4) is 0 Å². The summed E-state index contributed by atoms with van der Waals surface area (Å²) in [6.07, 6.45) is 1.51. The van der Waals surface area contributed by atoms with E-state index in [4.69, 9.17) is 0 Å². The first kappa shape index (κ1) is 14.4. The summed E-state index contributed by atoms with van der Waals surface area (Å²) in [5.41, 5.74) is 2.47. The molecule has 0 saturated heterocycles. The van der Waals surface area contributed by atoms with Crippen LogP contribution in [0.4, 0.5) is 0 Å². The standard InChI is InChI=1S/C19H17NO2S/c21-23(22,19-10-9-14-5-1-2-8-17(14)13-19)20-18-11-15-6-3-4-7-16(15)12-18/h1-10,13,18,20H,11-12H2. The fourth-order valence-electron chi connectivity index (χ4n) is 3.26. The van der Waals surface area contributed by atoms with Gasteiger partial charge in [0.2, 0.25) is 10.0 Å². The Morgan fingerprint density at radius 1 is 0.783 bits per heavy atom. The zero-order valence-electron chi connectivity index (χ0n) is 12.6. The second-order valence-corrected chi connectivity index (χ2v) is 7.72. The van der Waals surface area contributed by atoms with Crippen molar-refractivity contribution in [2.24, 2.45) is 0 Å². The number of benzene rings is 3. The van der Waals surface area contributed by atoms with Crippen molar-refractivity contribution in [3.63, 3.8) is 0 Å². The van der Waals surface area contributed by atoms with E-state index in [0.29, 0.717) is 4.90 Å². The van der Waals surface area contributed by atoms with E-state index < -0.39 is 10.0 Å². The minimum absolute atomic E-state index is 0.0659. The predicted octanol–water partition coefficient (Wildman–Crippen LogP) is 3.29. The molecule has 0 aliphatic heterocycles. The van der Waals surface area contributed by atoms with E-state index in [9.17, 15) is 8.42 Å². The summed E-state index contributed by atoms with van der Waals surface area (Å²) in [7, 11) is -3.50. The molecule has 0 heterocycles. The molecule has 0 saturated carbocycles. The van der Waals surface area contributed by atoms with Crippen LogP contribution in [0, 0.1) is 0 Å². The van der Waals surface area contributed by atoms with E-state index in [2.05, 4.69) is 16.9 Å². The molecule has 0 spiro atoms. The number of hydrogen-bond acceptors (Lipinski definition) is 2. The molecule has 0 radical (unpaired) electrons. The smallest absolute Gasteiger partial charge is 0.207 e. The SMILES string of the molecule is O=S(=O)(NC1Cc2ccccc2C1)c1ccc2ccccc2c1. The van der Waals surface area contributed by atoms with E-state index >= 15 is 0 Å². The van der Waals surface area contributed by atoms with Crippen LogP contribution in [0.25, 0.3) is 10.8 Å². The van der Waals surface area contributed by atoms with Gasteiger partial charge in [0.1, 0.15) is 0 Å². The highest BCUT2D eigenvalue weighted by atomic mass is 32.2. The highest BCUT2D eigenvalue weighted by Crippen LogP contribution is 2.24. The molecule has 23 heavy (non-hydrogen) atoms. The number of nitrogens with one attached hydrogen (secondary N) is 1. The topological polar surface area (TPSA) is 46.2 Å². The van der Waals surface area contributed by atoms with Crippen molar-refractivity contribution < 1.29 is 8.42 Å². The molecule has 1 N–H and O–H groups in total. The van der Waals surface area contributed by atoms with Crippen molar-refractivity contribution in [1.82, 2.24) is 4.72 Å². The van der Waals surface area contributed by atoms with Gasteiger partial charge < -0.3 is 0 Å². The molecule has 0 unspecified atom stereocenters. The maximum Gasteiger partial charge on any atom is 0.240 e. The molecule has 1 aliphatic rings. The number of fused-ring (bicyclic) bond motifs is 2. The van der Waals surface area contributed by atoms with Gasteiger partial charge in [-0.15, -0.1) is 0 Å². The van der Waals surface area contributed by atoms with E-state index in [0.717, 1.165) is 23.6 Å². The number of hydrogen-bond donors (Lipinski definition) is 1. The van der Waals surface area contributed by atoms with Gasteiger partial charge in [-0.2, -0.15) is 0 Å². The van der Waals surface area contributed by atoms with Crippen LogP contribution in [0.1, 0.15) is 11.1 Å². The average Bonchev–Trinajstić information content (AvgIpc) is 2.95. The van der Waals surface area contributed by atoms with Crippen LogP contribution in [0.15, 0.2) is 71.6 Å². The van der Waals surface area contributed by atoms with Gasteiger partial charge >= 0.3 is 0 Å². The van der Waals surface area contributed by atoms with Gasteiger partial charge in [0.05, 0.1) is 4.90 Å². The van der Waals surface area contributed by atoms with Crippen LogP contribution < -0.4 is 4.72 Å². The third-order valence-corrected chi connectivity index (χ3v) is 5.92. The van der Waals surface area contributed by atoms with Crippen LogP contribution in [-0.2, 0) is 22.9 Å². The van der Waals surface area contributed by atoms with Crippen molar-refractivity contribution >= 4 is 20.8 Å². The molecular weight excluding hydrogens is 306 g/mol. The van der Waals surface area contributed by atoms with Gasteiger partial charge in [0, 0.05) is 6.04 Å². The largest absolute Gasteiger partial charge is 0.240 e. The third kappa shape index (κ3) is 2.76. The van der Waals surface area contributed by atoms with Gasteiger partial charge in [-0.3, -0.25) is 0 Å². The Morgan fingerprint density at radius 2 is 1.39 bits per heavy atom. The second-order valence-electron chi connectivity index (χ2n) is 6.00. The molecule has 3 aromatic rings. The fraction of sp³-hybridized carbons (Fsp3) is 0.158. The zero-order valence-corrected chi connectivity index (χ0v) is 13.4. The van der Waals surface area contributed by atoms with Gasteiger partial charge in [0.15, 0.2) is 0 Å². The van der Waals surface area contributed by atoms with Crippen LogP contribution >= 0.6 is 0 Å². The maximum atomic E-state index is 12.7. The molecule has 116 valence electrons. The summed E-state index contributed by atoms with van der Waals surface area (Å²) in [6, 6.07) is 21.1. The first-order valence-electron chi connectivity index (χ1n) is 7.70. The van der Waals surface area contributed by atoms with Crippen molar-refractivity contribution in [2.45, 2.75) is 23.8 Å². The Morgan fingerprint density at radius 3 is 2.09 bits per heavy atom. The summed E-state index contributed by atoms with van der Waals surface area (Å²) < 4.78 is 28.2. The van der Waals surface area contributed by atoms with Gasteiger partial charge in [0.25, 0.3) is 0 Å². The number of sulfonamides is 1. The van der Waals surface area contributed by atoms with E-state index in [1.165, 1.54) is 11.1 Å². The molecule has 0 fully saturated rings. The van der Waals surface area contributed by atoms with E-state index in [1.54, 1.807) is 12.1 Å². The summed E-state index contributed by atoms with van der Waals surface area (Å²) in [5.74, 6) is 0. The van der Waals surface area contributed by atoms with Crippen LogP contribution in [0.3, 0.4) is 0 Å². The Bertz CT molecular complexity index is 954. The Hall–Kier alpha value is -2.17. The lowest BCUT2D eigenvalue weighted by Crippen LogP contribution is -2.35. The Balaban J connectivity index is 1.60. The zero-order chi connectivity index (χ0) is 15.9. The van der Waals surface area contributed by atoms with Crippen LogP contribution in [0.5, 0.6) is 0 Å². The quantitative estimate of drug-likeness (QED) is 0.804. The first-order valence-corrected chi connectivity index (χ1v) is 9.18. The van der Waals surface area contributed by atoms with Crippen LogP contribution in [0.2, 0.25) is 0 Å². The minimum Gasteiger partial charge on any atom is -0.207 e. The normalized spacial score (nSPS) is 15.0. The summed E-state index contributed by atoms with van der Waals surface area (Å²) in [5, 5.41) is 1.98. The van der Waals surface area contributed by atoms with Gasteiger partial charge in [-0.25, -0.2) is 13.1 Å². The highest BCUT2D eigenvalue weighted by molar-refractivity contribution is 7.89. The van der Waals surface area contributed by atoms with E-state index in [1.807, 2.05) is 42.5 Å². The predicted molar refractivity (Wildman–Crippen MR) is 91.9 cm³/mol. The lowest BCUT2D eigenvalue weighted by molar-refractivity contribution is 0.556. The monoisotopic (exact) mass is 323 g/mol. The Kier molecular flexibility index (Phi) is 3.43. The average molecular weight is 323 g/mol. The Labute approximate surface area is 136 Å². The molecule has 4 rings (SSSR count). The summed E-state index contributed by atoms with van der Waals surface area (Å²) in [6.45, 7) is 0. The number of rotatable bonds is 3. The lowest BCUT2D eigenvalue weighted by Gasteiger charge is -2.13. The first-order chi connectivity index (χ1) is 11.1. The van der Waals surface area contributed by atoms with Crippen molar-refractivity contribution in [3.05, 3.63) is 77.9 Å². The molecule has 0 atom stereocenters. The maximum absolute atomic E-state index is 12.7. The molecule has 0 aromatic heterocycles. The van der Waals surface area contributed by atoms with Gasteiger partial charge in [-0.05, 0) is 46.9 Å². The fourth-order valence-corrected chi connectivity index (χ4v) is 4.54. The minimum atomic E-state index is -3.50. The summed E-state index contributed by atoms with van der Waals surface area (Å²) in [4.78, 5) is 0.326. The van der Waals surface area contributed by atoms with E-state index in [-0.39, 0.29) is 6.04 Å². The van der Waals surface area contributed by atoms with Gasteiger partial charge in [-0.1, -0.05) is 54.6 Å². The van der Waals surface area contributed by atoms with Crippen molar-refractivity contribution in [2.75, 3.05) is 0 Å². The second kappa shape index (κ2) is 5.48. The molecule has 3 aromatic carbocycles. The molecule has 0 bridgehead atoms. The molecular formula is C19H17NO2S. The molecule has 0 amide bonds. The molecule has 3 nitrogen and oxygen atoms in total.